The molecule has 0 saturated heterocycles. The lowest BCUT2D eigenvalue weighted by atomic mass is 10.1. The van der Waals surface area contributed by atoms with Crippen LogP contribution in [0.5, 0.6) is 5.75 Å². The Labute approximate surface area is 111 Å². The molecule has 0 bridgehead atoms. The van der Waals surface area contributed by atoms with Crippen LogP contribution in [-0.2, 0) is 6.42 Å². The van der Waals surface area contributed by atoms with Crippen molar-refractivity contribution in [3.8, 4) is 5.75 Å². The third kappa shape index (κ3) is 6.01. The molecular formula is C15H26N2O. The number of hydrogen-bond acceptors (Lipinski definition) is 3. The van der Waals surface area contributed by atoms with Crippen LogP contribution in [-0.4, -0.2) is 17.6 Å². The van der Waals surface area contributed by atoms with Crippen LogP contribution >= 0.6 is 0 Å². The molecule has 0 amide bonds. The van der Waals surface area contributed by atoms with Crippen LogP contribution in [0.1, 0.15) is 45.7 Å². The molecule has 1 aromatic rings. The summed E-state index contributed by atoms with van der Waals surface area (Å²) >= 11 is 0. The number of rotatable bonds is 8. The largest absolute Gasteiger partial charge is 0.492 e. The van der Waals surface area contributed by atoms with Crippen LogP contribution < -0.4 is 10.5 Å². The molecule has 0 aliphatic carbocycles. The first-order valence-electron chi connectivity index (χ1n) is 6.95. The van der Waals surface area contributed by atoms with Crippen molar-refractivity contribution in [3.05, 3.63) is 24.0 Å². The van der Waals surface area contributed by atoms with Gasteiger partial charge in [-0.3, -0.25) is 4.98 Å². The fourth-order valence-corrected chi connectivity index (χ4v) is 1.71. The van der Waals surface area contributed by atoms with Gasteiger partial charge >= 0.3 is 0 Å². The second-order valence-corrected chi connectivity index (χ2v) is 5.24. The van der Waals surface area contributed by atoms with Gasteiger partial charge in [0.1, 0.15) is 5.75 Å². The van der Waals surface area contributed by atoms with Crippen molar-refractivity contribution in [1.29, 1.82) is 0 Å². The Kier molecular flexibility index (Phi) is 6.73. The average Bonchev–Trinajstić information content (AvgIpc) is 2.36. The van der Waals surface area contributed by atoms with Crippen molar-refractivity contribution in [2.75, 3.05) is 6.61 Å². The predicted octanol–water partition coefficient (Wildman–Crippen LogP) is 3.18. The van der Waals surface area contributed by atoms with Crippen LogP contribution in [0, 0.1) is 5.92 Å². The second kappa shape index (κ2) is 8.09. The normalized spacial score (nSPS) is 12.7. The van der Waals surface area contributed by atoms with Crippen molar-refractivity contribution in [2.24, 2.45) is 11.7 Å². The molecule has 0 aliphatic rings. The third-order valence-corrected chi connectivity index (χ3v) is 2.99. The first kappa shape index (κ1) is 15.0. The summed E-state index contributed by atoms with van der Waals surface area (Å²) in [5, 5.41) is 0. The molecule has 0 aliphatic heterocycles. The number of aromatic nitrogens is 1. The van der Waals surface area contributed by atoms with Gasteiger partial charge in [-0.15, -0.1) is 0 Å². The predicted molar refractivity (Wildman–Crippen MR) is 75.8 cm³/mol. The van der Waals surface area contributed by atoms with Gasteiger partial charge in [0.2, 0.25) is 0 Å². The molecule has 1 aromatic heterocycles. The van der Waals surface area contributed by atoms with E-state index in [4.69, 9.17) is 10.5 Å². The van der Waals surface area contributed by atoms with Gasteiger partial charge in [0.05, 0.1) is 12.8 Å². The molecule has 3 heteroatoms. The number of pyridine rings is 1. The molecule has 0 fully saturated rings. The van der Waals surface area contributed by atoms with E-state index in [1.165, 1.54) is 6.42 Å². The van der Waals surface area contributed by atoms with Crippen molar-refractivity contribution in [3.63, 3.8) is 0 Å². The number of nitrogens with two attached hydrogens (primary N) is 1. The van der Waals surface area contributed by atoms with E-state index in [-0.39, 0.29) is 6.04 Å². The quantitative estimate of drug-likeness (QED) is 0.721. The van der Waals surface area contributed by atoms with E-state index in [2.05, 4.69) is 25.8 Å². The van der Waals surface area contributed by atoms with Gasteiger partial charge in [-0.25, -0.2) is 0 Å². The molecule has 0 spiro atoms. The minimum Gasteiger partial charge on any atom is -0.492 e. The molecule has 1 rings (SSSR count). The van der Waals surface area contributed by atoms with Crippen LogP contribution in [0.3, 0.4) is 0 Å². The molecule has 0 saturated carbocycles. The topological polar surface area (TPSA) is 48.1 Å². The Morgan fingerprint density at radius 2 is 2.11 bits per heavy atom. The maximum absolute atomic E-state index is 5.90. The molecular weight excluding hydrogens is 224 g/mol. The van der Waals surface area contributed by atoms with Gasteiger partial charge in [0.15, 0.2) is 0 Å². The van der Waals surface area contributed by atoms with Gasteiger partial charge in [-0.1, -0.05) is 20.8 Å². The number of nitrogens with zero attached hydrogens (tertiary/aromatic N) is 1. The zero-order valence-corrected chi connectivity index (χ0v) is 11.9. The minimum absolute atomic E-state index is 0.204. The monoisotopic (exact) mass is 250 g/mol. The first-order valence-corrected chi connectivity index (χ1v) is 6.95. The summed E-state index contributed by atoms with van der Waals surface area (Å²) in [6, 6.07) is 4.20. The Balaban J connectivity index is 2.31. The molecule has 1 unspecified atom stereocenters. The van der Waals surface area contributed by atoms with Crippen molar-refractivity contribution in [2.45, 2.75) is 52.5 Å². The summed E-state index contributed by atoms with van der Waals surface area (Å²) in [4.78, 5) is 4.38. The summed E-state index contributed by atoms with van der Waals surface area (Å²) in [5.74, 6) is 1.59. The smallest absolute Gasteiger partial charge is 0.137 e. The summed E-state index contributed by atoms with van der Waals surface area (Å²) in [5.41, 5.74) is 6.94. The highest BCUT2D eigenvalue weighted by Gasteiger charge is 2.03. The summed E-state index contributed by atoms with van der Waals surface area (Å²) in [7, 11) is 0. The second-order valence-electron chi connectivity index (χ2n) is 5.24. The molecule has 1 atom stereocenters. The maximum atomic E-state index is 5.90. The molecule has 1 heterocycles. The molecule has 0 radical (unpaired) electrons. The van der Waals surface area contributed by atoms with E-state index in [1.807, 2.05) is 12.1 Å². The third-order valence-electron chi connectivity index (χ3n) is 2.99. The number of hydrogen-bond donors (Lipinski definition) is 1. The van der Waals surface area contributed by atoms with Gasteiger partial charge in [-0.05, 0) is 37.3 Å². The molecule has 3 nitrogen and oxygen atoms in total. The van der Waals surface area contributed by atoms with E-state index in [1.54, 1.807) is 6.20 Å². The van der Waals surface area contributed by atoms with Crippen LogP contribution in [0.15, 0.2) is 18.3 Å². The fourth-order valence-electron chi connectivity index (χ4n) is 1.71. The van der Waals surface area contributed by atoms with Crippen LogP contribution in [0.2, 0.25) is 0 Å². The lowest BCUT2D eigenvalue weighted by molar-refractivity contribution is 0.296. The maximum Gasteiger partial charge on any atom is 0.137 e. The highest BCUT2D eigenvalue weighted by Crippen LogP contribution is 2.12. The van der Waals surface area contributed by atoms with E-state index >= 15 is 0 Å². The molecule has 2 N–H and O–H groups in total. The van der Waals surface area contributed by atoms with E-state index in [0.717, 1.165) is 43.2 Å². The zero-order chi connectivity index (χ0) is 13.4. The Bertz CT molecular complexity index is 322. The molecule has 102 valence electrons. The SMILES string of the molecule is CCC(N)Cc1ccc(OCCCC(C)C)cn1. The van der Waals surface area contributed by atoms with Crippen molar-refractivity contribution in [1.82, 2.24) is 4.98 Å². The fraction of sp³-hybridized carbons (Fsp3) is 0.667. The lowest BCUT2D eigenvalue weighted by Gasteiger charge is -2.10. The minimum atomic E-state index is 0.204. The summed E-state index contributed by atoms with van der Waals surface area (Å²) in [6.45, 7) is 7.32. The van der Waals surface area contributed by atoms with Gasteiger partial charge in [-0.2, -0.15) is 0 Å². The highest BCUT2D eigenvalue weighted by molar-refractivity contribution is 5.20. The van der Waals surface area contributed by atoms with Crippen molar-refractivity contribution >= 4 is 0 Å². The number of ether oxygens (including phenoxy) is 1. The van der Waals surface area contributed by atoms with Gasteiger partial charge in [0.25, 0.3) is 0 Å². The van der Waals surface area contributed by atoms with Crippen LogP contribution in [0.25, 0.3) is 0 Å². The lowest BCUT2D eigenvalue weighted by Crippen LogP contribution is -2.21. The van der Waals surface area contributed by atoms with Crippen molar-refractivity contribution < 1.29 is 4.74 Å². The Morgan fingerprint density at radius 1 is 1.33 bits per heavy atom. The van der Waals surface area contributed by atoms with Gasteiger partial charge in [0, 0.05) is 18.2 Å². The Morgan fingerprint density at radius 3 is 2.67 bits per heavy atom. The van der Waals surface area contributed by atoms with E-state index < -0.39 is 0 Å². The van der Waals surface area contributed by atoms with E-state index in [9.17, 15) is 0 Å². The first-order chi connectivity index (χ1) is 8.61. The summed E-state index contributed by atoms with van der Waals surface area (Å²) in [6.07, 6.45) is 5.92. The highest BCUT2D eigenvalue weighted by atomic mass is 16.5. The van der Waals surface area contributed by atoms with Crippen LogP contribution in [0.4, 0.5) is 0 Å². The standard InChI is InChI=1S/C15H26N2O/c1-4-13(16)10-14-7-8-15(11-17-14)18-9-5-6-12(2)3/h7-8,11-13H,4-6,9-10,16H2,1-3H3. The van der Waals surface area contributed by atoms with Gasteiger partial charge < -0.3 is 10.5 Å². The Hall–Kier alpha value is -1.09. The van der Waals surface area contributed by atoms with E-state index in [0.29, 0.717) is 0 Å². The average molecular weight is 250 g/mol. The zero-order valence-electron chi connectivity index (χ0n) is 11.9. The molecule has 0 aromatic carbocycles. The molecule has 18 heavy (non-hydrogen) atoms. The summed E-state index contributed by atoms with van der Waals surface area (Å²) < 4.78 is 5.65.